The Morgan fingerprint density at radius 1 is 1.00 bits per heavy atom. The third kappa shape index (κ3) is 2.19. The lowest BCUT2D eigenvalue weighted by Gasteiger charge is -2.13. The number of para-hydroxylation sites is 2. The number of carbonyl (C=O) groups excluding carboxylic acids is 1. The van der Waals surface area contributed by atoms with Crippen LogP contribution in [0, 0.1) is 0 Å². The fraction of sp³-hybridized carbons (Fsp3) is 0.125. The minimum Gasteiger partial charge on any atom is -0.480 e. The summed E-state index contributed by atoms with van der Waals surface area (Å²) in [6.45, 7) is -0.668. The van der Waals surface area contributed by atoms with Crippen molar-refractivity contribution in [3.63, 3.8) is 0 Å². The number of carboxylic acids is 1. The first kappa shape index (κ1) is 14.1. The molecule has 1 amide bonds. The van der Waals surface area contributed by atoms with Gasteiger partial charge in [0, 0.05) is 10.8 Å². The number of nitrogens with one attached hydrogen (secondary N) is 1. The molecule has 0 aliphatic heterocycles. The van der Waals surface area contributed by atoms with E-state index in [-0.39, 0.29) is 0 Å². The zero-order chi connectivity index (χ0) is 15.7. The molecule has 0 radical (unpaired) electrons. The van der Waals surface area contributed by atoms with Crippen molar-refractivity contribution < 1.29 is 19.8 Å². The third-order valence-electron chi connectivity index (χ3n) is 3.56. The second kappa shape index (κ2) is 5.50. The molecule has 3 rings (SSSR count). The molecule has 0 saturated heterocycles. The van der Waals surface area contributed by atoms with Crippen molar-refractivity contribution >= 4 is 33.8 Å². The van der Waals surface area contributed by atoms with E-state index in [0.29, 0.717) is 11.0 Å². The molecule has 1 heterocycles. The van der Waals surface area contributed by atoms with Crippen molar-refractivity contribution in [3.05, 3.63) is 48.5 Å². The van der Waals surface area contributed by atoms with Crippen molar-refractivity contribution in [2.45, 2.75) is 6.04 Å². The monoisotopic (exact) mass is 298 g/mol. The average Bonchev–Trinajstić information content (AvgIpc) is 2.86. The molecule has 0 fully saturated rings. The summed E-state index contributed by atoms with van der Waals surface area (Å²) in [6.07, 6.45) is 0. The van der Waals surface area contributed by atoms with Gasteiger partial charge in [-0.05, 0) is 12.1 Å². The lowest BCUT2D eigenvalue weighted by atomic mass is 10.2. The number of aliphatic hydroxyl groups excluding tert-OH is 1. The van der Waals surface area contributed by atoms with Crippen LogP contribution in [0.15, 0.2) is 48.5 Å². The summed E-state index contributed by atoms with van der Waals surface area (Å²) in [5.74, 6) is -1.28. The molecule has 0 bridgehead atoms. The van der Waals surface area contributed by atoms with Crippen LogP contribution in [0.2, 0.25) is 0 Å². The van der Waals surface area contributed by atoms with E-state index in [1.807, 2.05) is 36.4 Å². The first-order valence-electron chi connectivity index (χ1n) is 6.76. The molecular weight excluding hydrogens is 284 g/mol. The highest BCUT2D eigenvalue weighted by Crippen LogP contribution is 2.28. The fourth-order valence-corrected chi connectivity index (χ4v) is 2.54. The Kier molecular flexibility index (Phi) is 3.52. The number of aliphatic hydroxyl groups is 1. The van der Waals surface area contributed by atoms with E-state index in [4.69, 9.17) is 10.2 Å². The highest BCUT2D eigenvalue weighted by atomic mass is 16.4. The van der Waals surface area contributed by atoms with Crippen LogP contribution in [-0.2, 0) is 4.79 Å². The predicted molar refractivity (Wildman–Crippen MR) is 81.9 cm³/mol. The SMILES string of the molecule is O=C(O)[C@H](CO)NC(=O)n1c2ccccc2c2ccccc21. The summed E-state index contributed by atoms with van der Waals surface area (Å²) in [7, 11) is 0. The smallest absolute Gasteiger partial charge is 0.328 e. The number of hydrogen-bond donors (Lipinski definition) is 3. The standard InChI is InChI=1S/C16H14N2O4/c19-9-12(15(20)21)17-16(22)18-13-7-3-1-5-10(13)11-6-2-4-8-14(11)18/h1-8,12,19H,9H2,(H,17,22)(H,20,21)/t12-/m0/s1. The predicted octanol–water partition coefficient (Wildman–Crippen LogP) is 1.80. The van der Waals surface area contributed by atoms with Crippen molar-refractivity contribution in [1.82, 2.24) is 9.88 Å². The van der Waals surface area contributed by atoms with Crippen LogP contribution in [0.4, 0.5) is 4.79 Å². The number of rotatable bonds is 3. The van der Waals surface area contributed by atoms with E-state index in [1.54, 1.807) is 12.1 Å². The fourth-order valence-electron chi connectivity index (χ4n) is 2.54. The summed E-state index contributed by atoms with van der Waals surface area (Å²) in [5, 5.41) is 22.2. The molecule has 0 spiro atoms. The van der Waals surface area contributed by atoms with Gasteiger partial charge in [-0.3, -0.25) is 4.57 Å². The number of hydrogen-bond acceptors (Lipinski definition) is 3. The first-order valence-corrected chi connectivity index (χ1v) is 6.76. The summed E-state index contributed by atoms with van der Waals surface area (Å²) < 4.78 is 1.43. The van der Waals surface area contributed by atoms with Crippen LogP contribution in [-0.4, -0.2) is 39.4 Å². The molecule has 1 atom stereocenters. The van der Waals surface area contributed by atoms with Gasteiger partial charge in [-0.2, -0.15) is 0 Å². The maximum atomic E-state index is 12.5. The molecule has 0 unspecified atom stereocenters. The number of carbonyl (C=O) groups is 2. The van der Waals surface area contributed by atoms with Crippen molar-refractivity contribution in [2.24, 2.45) is 0 Å². The van der Waals surface area contributed by atoms with Gasteiger partial charge in [-0.1, -0.05) is 36.4 Å². The zero-order valence-corrected chi connectivity index (χ0v) is 11.6. The van der Waals surface area contributed by atoms with Gasteiger partial charge in [0.2, 0.25) is 0 Å². The zero-order valence-electron chi connectivity index (χ0n) is 11.6. The first-order chi connectivity index (χ1) is 10.6. The molecule has 22 heavy (non-hydrogen) atoms. The van der Waals surface area contributed by atoms with Crippen LogP contribution in [0.3, 0.4) is 0 Å². The number of aromatic nitrogens is 1. The van der Waals surface area contributed by atoms with Gasteiger partial charge < -0.3 is 15.5 Å². The van der Waals surface area contributed by atoms with E-state index >= 15 is 0 Å². The molecule has 2 aromatic carbocycles. The topological polar surface area (TPSA) is 91.6 Å². The normalized spacial score (nSPS) is 12.4. The van der Waals surface area contributed by atoms with Crippen molar-refractivity contribution in [1.29, 1.82) is 0 Å². The average molecular weight is 298 g/mol. The van der Waals surface area contributed by atoms with E-state index in [9.17, 15) is 9.59 Å². The van der Waals surface area contributed by atoms with Crippen molar-refractivity contribution in [3.8, 4) is 0 Å². The minimum absolute atomic E-state index is 0.584. The van der Waals surface area contributed by atoms with Gasteiger partial charge >= 0.3 is 12.0 Å². The maximum absolute atomic E-state index is 12.5. The second-order valence-electron chi connectivity index (χ2n) is 4.89. The summed E-state index contributed by atoms with van der Waals surface area (Å²) in [5.41, 5.74) is 1.37. The minimum atomic E-state index is -1.34. The van der Waals surface area contributed by atoms with Crippen molar-refractivity contribution in [2.75, 3.05) is 6.61 Å². The lowest BCUT2D eigenvalue weighted by molar-refractivity contribution is -0.140. The Balaban J connectivity index is 2.16. The van der Waals surface area contributed by atoms with Gasteiger partial charge in [0.25, 0.3) is 0 Å². The summed E-state index contributed by atoms with van der Waals surface area (Å²) >= 11 is 0. The Morgan fingerprint density at radius 3 is 1.95 bits per heavy atom. The highest BCUT2D eigenvalue weighted by Gasteiger charge is 2.22. The number of aliphatic carboxylic acids is 1. The van der Waals surface area contributed by atoms with Gasteiger partial charge in [-0.25, -0.2) is 9.59 Å². The number of nitrogens with zero attached hydrogens (tertiary/aromatic N) is 1. The van der Waals surface area contributed by atoms with Gasteiger partial charge in [0.05, 0.1) is 17.6 Å². The van der Waals surface area contributed by atoms with E-state index in [0.717, 1.165) is 10.8 Å². The van der Waals surface area contributed by atoms with Crippen LogP contribution in [0.25, 0.3) is 21.8 Å². The molecule has 0 aliphatic carbocycles. The number of amides is 1. The third-order valence-corrected chi connectivity index (χ3v) is 3.56. The summed E-state index contributed by atoms with van der Waals surface area (Å²) in [4.78, 5) is 23.5. The molecule has 6 nitrogen and oxygen atoms in total. The Bertz CT molecular complexity index is 816. The Hall–Kier alpha value is -2.86. The molecule has 112 valence electrons. The largest absolute Gasteiger partial charge is 0.480 e. The lowest BCUT2D eigenvalue weighted by Crippen LogP contribution is -2.45. The molecular formula is C16H14N2O4. The van der Waals surface area contributed by atoms with E-state index < -0.39 is 24.6 Å². The Labute approximate surface area is 125 Å². The molecule has 6 heteroatoms. The van der Waals surface area contributed by atoms with Gasteiger partial charge in [0.1, 0.15) is 0 Å². The van der Waals surface area contributed by atoms with E-state index in [1.165, 1.54) is 4.57 Å². The van der Waals surface area contributed by atoms with Crippen LogP contribution < -0.4 is 5.32 Å². The molecule has 3 N–H and O–H groups in total. The van der Waals surface area contributed by atoms with E-state index in [2.05, 4.69) is 5.32 Å². The van der Waals surface area contributed by atoms with Gasteiger partial charge in [-0.15, -0.1) is 0 Å². The number of fused-ring (bicyclic) bond motifs is 3. The van der Waals surface area contributed by atoms with Crippen LogP contribution in [0.5, 0.6) is 0 Å². The Morgan fingerprint density at radius 2 is 1.50 bits per heavy atom. The molecule has 0 saturated carbocycles. The maximum Gasteiger partial charge on any atom is 0.328 e. The number of benzene rings is 2. The van der Waals surface area contributed by atoms with Crippen LogP contribution >= 0.6 is 0 Å². The quantitative estimate of drug-likeness (QED) is 0.687. The summed E-state index contributed by atoms with van der Waals surface area (Å²) in [6, 6.07) is 12.9. The molecule has 1 aromatic heterocycles. The highest BCUT2D eigenvalue weighted by molar-refractivity contribution is 6.13. The van der Waals surface area contributed by atoms with Gasteiger partial charge in [0.15, 0.2) is 6.04 Å². The second-order valence-corrected chi connectivity index (χ2v) is 4.89. The molecule has 0 aliphatic rings. The molecule has 3 aromatic rings. The van der Waals surface area contributed by atoms with Crippen LogP contribution in [0.1, 0.15) is 0 Å². The number of carboxylic acid groups (broad SMARTS) is 1.